The highest BCUT2D eigenvalue weighted by Crippen LogP contribution is 2.28. The maximum absolute atomic E-state index is 12.7. The highest BCUT2D eigenvalue weighted by Gasteiger charge is 2.35. The second kappa shape index (κ2) is 9.81. The Balaban J connectivity index is 1.30. The molecule has 1 unspecified atom stereocenters. The van der Waals surface area contributed by atoms with E-state index in [0.29, 0.717) is 11.6 Å². The number of carbonyl (C=O) groups excluding carboxylic acids is 2. The molecule has 6 nitrogen and oxygen atoms in total. The van der Waals surface area contributed by atoms with Gasteiger partial charge in [-0.3, -0.25) is 14.5 Å². The van der Waals surface area contributed by atoms with Gasteiger partial charge in [0.05, 0.1) is 5.92 Å². The maximum atomic E-state index is 12.7. The molecule has 2 saturated heterocycles. The third-order valence-electron chi connectivity index (χ3n) is 6.16. The molecule has 0 radical (unpaired) electrons. The first kappa shape index (κ1) is 21.8. The summed E-state index contributed by atoms with van der Waals surface area (Å²) in [6.07, 6.45) is 0.208. The summed E-state index contributed by atoms with van der Waals surface area (Å²) >= 11 is 6.04. The highest BCUT2D eigenvalue weighted by molar-refractivity contribution is 6.31. The molecule has 2 aliphatic heterocycles. The quantitative estimate of drug-likeness (QED) is 0.747. The van der Waals surface area contributed by atoms with Crippen LogP contribution in [0.5, 0.6) is 0 Å². The van der Waals surface area contributed by atoms with Gasteiger partial charge in [-0.05, 0) is 42.4 Å². The molecule has 4 rings (SSSR count). The van der Waals surface area contributed by atoms with Crippen LogP contribution < -0.4 is 10.2 Å². The summed E-state index contributed by atoms with van der Waals surface area (Å²) in [5, 5.41) is 3.54. The number of rotatable bonds is 6. The minimum absolute atomic E-state index is 0.0547. The Morgan fingerprint density at radius 1 is 1.06 bits per heavy atom. The third kappa shape index (κ3) is 5.45. The van der Waals surface area contributed by atoms with Crippen LogP contribution >= 0.6 is 11.6 Å². The van der Waals surface area contributed by atoms with E-state index in [-0.39, 0.29) is 24.2 Å². The Hall–Kier alpha value is -2.41. The van der Waals surface area contributed by atoms with Crippen LogP contribution in [0.3, 0.4) is 0 Å². The van der Waals surface area contributed by atoms with Crippen molar-refractivity contribution in [2.45, 2.75) is 19.9 Å². The summed E-state index contributed by atoms with van der Waals surface area (Å²) in [6, 6.07) is 15.2. The Bertz CT molecular complexity index is 925. The van der Waals surface area contributed by atoms with Gasteiger partial charge in [0.15, 0.2) is 0 Å². The van der Waals surface area contributed by atoms with Crippen molar-refractivity contribution in [2.24, 2.45) is 5.92 Å². The van der Waals surface area contributed by atoms with Gasteiger partial charge in [0, 0.05) is 62.1 Å². The first-order chi connectivity index (χ1) is 15.0. The molecular weight excluding hydrogens is 412 g/mol. The van der Waals surface area contributed by atoms with Crippen molar-refractivity contribution < 1.29 is 9.59 Å². The molecule has 2 heterocycles. The number of piperazine rings is 1. The number of nitrogens with one attached hydrogen (secondary N) is 1. The van der Waals surface area contributed by atoms with Gasteiger partial charge < -0.3 is 15.1 Å². The Morgan fingerprint density at radius 3 is 2.45 bits per heavy atom. The Morgan fingerprint density at radius 2 is 1.77 bits per heavy atom. The average molecular weight is 441 g/mol. The number of hydrogen-bond donors (Lipinski definition) is 1. The predicted molar refractivity (Wildman–Crippen MR) is 124 cm³/mol. The third-order valence-corrected chi connectivity index (χ3v) is 6.39. The van der Waals surface area contributed by atoms with Gasteiger partial charge >= 0.3 is 0 Å². The number of carbonyl (C=O) groups is 2. The fourth-order valence-corrected chi connectivity index (χ4v) is 4.42. The second-order valence-electron chi connectivity index (χ2n) is 8.28. The van der Waals surface area contributed by atoms with Crippen molar-refractivity contribution in [3.63, 3.8) is 0 Å². The molecule has 0 aliphatic carbocycles. The van der Waals surface area contributed by atoms with Gasteiger partial charge in [-0.15, -0.1) is 0 Å². The lowest BCUT2D eigenvalue weighted by Crippen LogP contribution is -2.45. The van der Waals surface area contributed by atoms with E-state index in [4.69, 9.17) is 11.6 Å². The SMILES string of the molecule is CCN1CCN(Cc2ccc(NC(=O)C3CC(=O)N(c4cccc(Cl)c4)C3)cc2)CC1. The molecule has 7 heteroatoms. The van der Waals surface area contributed by atoms with Gasteiger partial charge in [0.2, 0.25) is 11.8 Å². The number of benzene rings is 2. The van der Waals surface area contributed by atoms with Gasteiger partial charge in [-0.2, -0.15) is 0 Å². The number of anilines is 2. The van der Waals surface area contributed by atoms with Crippen LogP contribution in [0, 0.1) is 5.92 Å². The molecular formula is C24H29ClN4O2. The van der Waals surface area contributed by atoms with Gasteiger partial charge in [-0.25, -0.2) is 0 Å². The van der Waals surface area contributed by atoms with Crippen molar-refractivity contribution in [2.75, 3.05) is 49.5 Å². The lowest BCUT2D eigenvalue weighted by atomic mass is 10.1. The highest BCUT2D eigenvalue weighted by atomic mass is 35.5. The molecule has 0 spiro atoms. The van der Waals surface area contributed by atoms with Crippen molar-refractivity contribution in [3.05, 3.63) is 59.1 Å². The fraction of sp³-hybridized carbons (Fsp3) is 0.417. The van der Waals surface area contributed by atoms with E-state index in [9.17, 15) is 9.59 Å². The van der Waals surface area contributed by atoms with Crippen LogP contribution in [0.1, 0.15) is 18.9 Å². The molecule has 2 aliphatic rings. The average Bonchev–Trinajstić information content (AvgIpc) is 3.17. The van der Waals surface area contributed by atoms with Gasteiger partial charge in [0.1, 0.15) is 0 Å². The van der Waals surface area contributed by atoms with Crippen molar-refractivity contribution in [3.8, 4) is 0 Å². The van der Waals surface area contributed by atoms with Crippen LogP contribution in [0.2, 0.25) is 5.02 Å². The zero-order valence-corrected chi connectivity index (χ0v) is 18.6. The van der Waals surface area contributed by atoms with E-state index < -0.39 is 0 Å². The first-order valence-electron chi connectivity index (χ1n) is 10.9. The zero-order valence-electron chi connectivity index (χ0n) is 17.9. The van der Waals surface area contributed by atoms with Gasteiger partial charge in [0.25, 0.3) is 0 Å². The van der Waals surface area contributed by atoms with Crippen LogP contribution in [-0.4, -0.2) is 60.9 Å². The van der Waals surface area contributed by atoms with E-state index in [1.807, 2.05) is 24.3 Å². The van der Waals surface area contributed by atoms with E-state index in [1.54, 1.807) is 17.0 Å². The lowest BCUT2D eigenvalue weighted by molar-refractivity contribution is -0.122. The van der Waals surface area contributed by atoms with Crippen molar-refractivity contribution >= 4 is 34.8 Å². The molecule has 1 atom stereocenters. The van der Waals surface area contributed by atoms with E-state index >= 15 is 0 Å². The summed E-state index contributed by atoms with van der Waals surface area (Å²) in [5.74, 6) is -0.553. The fourth-order valence-electron chi connectivity index (χ4n) is 4.24. The number of halogens is 1. The Labute approximate surface area is 188 Å². The second-order valence-corrected chi connectivity index (χ2v) is 8.72. The topological polar surface area (TPSA) is 55.9 Å². The molecule has 0 bridgehead atoms. The molecule has 2 aromatic rings. The maximum Gasteiger partial charge on any atom is 0.229 e. The smallest absolute Gasteiger partial charge is 0.229 e. The predicted octanol–water partition coefficient (Wildman–Crippen LogP) is 3.47. The van der Waals surface area contributed by atoms with E-state index in [0.717, 1.165) is 50.6 Å². The van der Waals surface area contributed by atoms with E-state index in [2.05, 4.69) is 34.2 Å². The summed E-state index contributed by atoms with van der Waals surface area (Å²) in [4.78, 5) is 31.7. The van der Waals surface area contributed by atoms with Crippen molar-refractivity contribution in [1.82, 2.24) is 9.80 Å². The molecule has 31 heavy (non-hydrogen) atoms. The van der Waals surface area contributed by atoms with E-state index in [1.165, 1.54) is 5.56 Å². The molecule has 2 amide bonds. The number of likely N-dealkylation sites (N-methyl/N-ethyl adjacent to an activating group) is 1. The van der Waals surface area contributed by atoms with Gasteiger partial charge in [-0.1, -0.05) is 36.7 Å². The molecule has 0 aromatic heterocycles. The molecule has 2 aromatic carbocycles. The van der Waals surface area contributed by atoms with Crippen LogP contribution in [0.25, 0.3) is 0 Å². The summed E-state index contributed by atoms with van der Waals surface area (Å²) in [5.41, 5.74) is 2.74. The lowest BCUT2D eigenvalue weighted by Gasteiger charge is -2.34. The monoisotopic (exact) mass is 440 g/mol. The standard InChI is InChI=1S/C24H29ClN4O2/c1-2-27-10-12-28(13-11-27)16-18-6-8-21(9-7-18)26-24(31)19-14-23(30)29(17-19)22-5-3-4-20(25)15-22/h3-9,15,19H,2,10-14,16-17H2,1H3,(H,26,31). The summed E-state index contributed by atoms with van der Waals surface area (Å²) < 4.78 is 0. The number of amides is 2. The molecule has 1 N–H and O–H groups in total. The number of nitrogens with zero attached hydrogens (tertiary/aromatic N) is 3. The summed E-state index contributed by atoms with van der Waals surface area (Å²) in [7, 11) is 0. The first-order valence-corrected chi connectivity index (χ1v) is 11.3. The minimum atomic E-state index is -0.374. The normalized spacial score (nSPS) is 20.3. The van der Waals surface area contributed by atoms with Crippen LogP contribution in [-0.2, 0) is 16.1 Å². The molecule has 0 saturated carbocycles. The molecule has 2 fully saturated rings. The largest absolute Gasteiger partial charge is 0.326 e. The zero-order chi connectivity index (χ0) is 21.8. The van der Waals surface area contributed by atoms with Crippen LogP contribution in [0.15, 0.2) is 48.5 Å². The Kier molecular flexibility index (Phi) is 6.90. The van der Waals surface area contributed by atoms with Crippen molar-refractivity contribution in [1.29, 1.82) is 0 Å². The van der Waals surface area contributed by atoms with Crippen LogP contribution in [0.4, 0.5) is 11.4 Å². The molecule has 164 valence electrons. The minimum Gasteiger partial charge on any atom is -0.326 e. The number of hydrogen-bond acceptors (Lipinski definition) is 4. The summed E-state index contributed by atoms with van der Waals surface area (Å²) in [6.45, 7) is 9.04.